The van der Waals surface area contributed by atoms with Gasteiger partial charge in [0.1, 0.15) is 0 Å². The molecule has 5 fully saturated rings. The molecular weight excluding hydrogens is 459 g/mol. The minimum atomic E-state index is 0.0959. The van der Waals surface area contributed by atoms with E-state index in [1.165, 1.54) is 75.1 Å². The molecular formula is C25H41IO2. The molecule has 0 unspecified atom stereocenters. The van der Waals surface area contributed by atoms with Gasteiger partial charge in [0.2, 0.25) is 0 Å². The van der Waals surface area contributed by atoms with E-state index in [1.54, 1.807) is 0 Å². The Morgan fingerprint density at radius 1 is 0.893 bits per heavy atom. The second-order valence-corrected chi connectivity index (χ2v) is 12.3. The van der Waals surface area contributed by atoms with E-state index in [0.29, 0.717) is 16.9 Å². The van der Waals surface area contributed by atoms with Crippen molar-refractivity contribution >= 4 is 22.6 Å². The van der Waals surface area contributed by atoms with E-state index in [4.69, 9.17) is 9.47 Å². The number of hydrogen-bond donors (Lipinski definition) is 0. The maximum absolute atomic E-state index is 6.45. The summed E-state index contributed by atoms with van der Waals surface area (Å²) < 4.78 is 13.7. The van der Waals surface area contributed by atoms with Crippen LogP contribution in [0, 0.1) is 40.4 Å². The van der Waals surface area contributed by atoms with Crippen molar-refractivity contribution in [3.63, 3.8) is 0 Å². The van der Waals surface area contributed by atoms with Crippen molar-refractivity contribution in [1.82, 2.24) is 0 Å². The molecule has 9 atom stereocenters. The Labute approximate surface area is 186 Å². The predicted molar refractivity (Wildman–Crippen MR) is 123 cm³/mol. The van der Waals surface area contributed by atoms with Crippen molar-refractivity contribution in [3.05, 3.63) is 0 Å². The molecule has 0 aromatic carbocycles. The van der Waals surface area contributed by atoms with Crippen LogP contribution in [-0.2, 0) is 9.47 Å². The Balaban J connectivity index is 1.27. The van der Waals surface area contributed by atoms with Gasteiger partial charge in [0, 0.05) is 11.0 Å². The molecule has 2 nitrogen and oxygen atoms in total. The van der Waals surface area contributed by atoms with Gasteiger partial charge in [0.05, 0.1) is 6.10 Å². The summed E-state index contributed by atoms with van der Waals surface area (Å²) in [5, 5.41) is 0. The van der Waals surface area contributed by atoms with Crippen LogP contribution in [0.5, 0.6) is 0 Å². The number of hydrogen-bond acceptors (Lipinski definition) is 2. The number of ether oxygens (including phenoxy) is 2. The highest BCUT2D eigenvalue weighted by molar-refractivity contribution is 14.1. The zero-order chi connectivity index (χ0) is 19.4. The van der Waals surface area contributed by atoms with Gasteiger partial charge >= 0.3 is 0 Å². The number of fused-ring (bicyclic) bond motifs is 5. The van der Waals surface area contributed by atoms with E-state index in [0.717, 1.165) is 42.6 Å². The molecule has 0 spiro atoms. The van der Waals surface area contributed by atoms with Gasteiger partial charge in [-0.15, -0.1) is 0 Å². The minimum absolute atomic E-state index is 0.0959. The highest BCUT2D eigenvalue weighted by Gasteiger charge is 2.60. The van der Waals surface area contributed by atoms with Gasteiger partial charge in [-0.1, -0.05) is 36.4 Å². The van der Waals surface area contributed by atoms with Crippen LogP contribution < -0.4 is 0 Å². The summed E-state index contributed by atoms with van der Waals surface area (Å²) >= 11 is 2.67. The summed E-state index contributed by atoms with van der Waals surface area (Å²) in [6.45, 7) is 6.27. The first kappa shape index (κ1) is 20.5. The minimum Gasteiger partial charge on any atom is -0.353 e. The van der Waals surface area contributed by atoms with Crippen LogP contribution in [0.15, 0.2) is 0 Å². The molecule has 160 valence electrons. The Morgan fingerprint density at radius 2 is 1.71 bits per heavy atom. The lowest BCUT2D eigenvalue weighted by atomic mass is 9.45. The summed E-state index contributed by atoms with van der Waals surface area (Å²) in [6, 6.07) is 0. The van der Waals surface area contributed by atoms with Gasteiger partial charge in [0.25, 0.3) is 0 Å². The first-order chi connectivity index (χ1) is 13.5. The van der Waals surface area contributed by atoms with Crippen molar-refractivity contribution < 1.29 is 9.47 Å². The summed E-state index contributed by atoms with van der Waals surface area (Å²) in [5.41, 5.74) is 1.24. The van der Waals surface area contributed by atoms with E-state index < -0.39 is 0 Å². The van der Waals surface area contributed by atoms with E-state index in [2.05, 4.69) is 36.4 Å². The lowest BCUT2D eigenvalue weighted by Gasteiger charge is -2.61. The molecule has 0 aromatic rings. The summed E-state index contributed by atoms with van der Waals surface area (Å²) in [6.07, 6.45) is 17.1. The molecule has 5 aliphatic rings. The standard InChI is InChI=1S/C25H41IO2/c1-24-12-10-19(28-23-5-3-4-14-27-23)15-17(24)6-8-20-21-9-7-18(16-26)25(21,2)13-11-22(20)24/h17-23H,3-16H2,1-2H3/t17-,18+,19-,20-,21-,22-,23+,24-,25+/m0/s1. The Morgan fingerprint density at radius 3 is 2.50 bits per heavy atom. The summed E-state index contributed by atoms with van der Waals surface area (Å²) in [4.78, 5) is 0. The van der Waals surface area contributed by atoms with Crippen LogP contribution in [0.3, 0.4) is 0 Å². The zero-order valence-corrected chi connectivity index (χ0v) is 20.3. The van der Waals surface area contributed by atoms with Crippen molar-refractivity contribution in [2.75, 3.05) is 11.0 Å². The predicted octanol–water partition coefficient (Wildman–Crippen LogP) is 6.99. The second kappa shape index (κ2) is 7.97. The Kier molecular flexibility index (Phi) is 5.85. The number of rotatable bonds is 3. The highest BCUT2D eigenvalue weighted by Crippen LogP contribution is 2.67. The topological polar surface area (TPSA) is 18.5 Å². The largest absolute Gasteiger partial charge is 0.353 e. The molecule has 0 N–H and O–H groups in total. The first-order valence-electron chi connectivity index (χ1n) is 12.4. The average molecular weight is 501 g/mol. The van der Waals surface area contributed by atoms with E-state index in [1.807, 2.05) is 0 Å². The monoisotopic (exact) mass is 500 g/mol. The molecule has 0 bridgehead atoms. The van der Waals surface area contributed by atoms with Crippen molar-refractivity contribution in [1.29, 1.82) is 0 Å². The molecule has 0 amide bonds. The van der Waals surface area contributed by atoms with E-state index in [9.17, 15) is 0 Å². The Bertz CT molecular complexity index is 561. The van der Waals surface area contributed by atoms with Crippen molar-refractivity contribution in [3.8, 4) is 0 Å². The van der Waals surface area contributed by atoms with Gasteiger partial charge in [-0.3, -0.25) is 0 Å². The van der Waals surface area contributed by atoms with Gasteiger partial charge in [0.15, 0.2) is 6.29 Å². The maximum atomic E-state index is 6.45. The van der Waals surface area contributed by atoms with Gasteiger partial charge in [-0.2, -0.15) is 0 Å². The molecule has 5 rings (SSSR count). The van der Waals surface area contributed by atoms with E-state index in [-0.39, 0.29) is 6.29 Å². The third-order valence-corrected chi connectivity index (χ3v) is 11.5. The number of alkyl halides is 1. The van der Waals surface area contributed by atoms with Gasteiger partial charge in [-0.05, 0) is 117 Å². The molecule has 1 saturated heterocycles. The maximum Gasteiger partial charge on any atom is 0.157 e. The summed E-state index contributed by atoms with van der Waals surface area (Å²) in [5.74, 6) is 4.91. The molecule has 3 heteroatoms. The van der Waals surface area contributed by atoms with Crippen LogP contribution in [0.2, 0.25) is 0 Å². The van der Waals surface area contributed by atoms with Gasteiger partial charge in [-0.25, -0.2) is 0 Å². The van der Waals surface area contributed by atoms with Gasteiger partial charge < -0.3 is 9.47 Å². The molecule has 4 aliphatic carbocycles. The van der Waals surface area contributed by atoms with Crippen LogP contribution in [0.25, 0.3) is 0 Å². The summed E-state index contributed by atoms with van der Waals surface area (Å²) in [7, 11) is 0. The average Bonchev–Trinajstić information content (AvgIpc) is 3.05. The lowest BCUT2D eigenvalue weighted by molar-refractivity contribution is -0.212. The fraction of sp³-hybridized carbons (Fsp3) is 1.00. The SMILES string of the molecule is C[C@]12CC[C@H](O[C@@H]3CCCCO3)C[C@@H]1CC[C@@H]1[C@@H]2CC[C@]2(C)[C@@H](CI)CC[C@@H]12. The van der Waals surface area contributed by atoms with Crippen LogP contribution in [0.1, 0.15) is 90.9 Å². The fourth-order valence-electron chi connectivity index (χ4n) is 8.74. The first-order valence-corrected chi connectivity index (χ1v) is 13.9. The van der Waals surface area contributed by atoms with Crippen molar-refractivity contribution in [2.24, 2.45) is 40.4 Å². The molecule has 28 heavy (non-hydrogen) atoms. The normalized spacial score (nSPS) is 53.9. The van der Waals surface area contributed by atoms with Crippen LogP contribution >= 0.6 is 22.6 Å². The molecule has 4 saturated carbocycles. The quantitative estimate of drug-likeness (QED) is 0.236. The third-order valence-electron chi connectivity index (χ3n) is 10.5. The van der Waals surface area contributed by atoms with E-state index >= 15 is 0 Å². The fourth-order valence-corrected chi connectivity index (χ4v) is 10.2. The molecule has 0 radical (unpaired) electrons. The number of halogens is 1. The third kappa shape index (κ3) is 3.32. The lowest BCUT2D eigenvalue weighted by Crippen LogP contribution is -2.54. The molecule has 1 aliphatic heterocycles. The zero-order valence-electron chi connectivity index (χ0n) is 18.1. The van der Waals surface area contributed by atoms with Crippen LogP contribution in [-0.4, -0.2) is 23.4 Å². The highest BCUT2D eigenvalue weighted by atomic mass is 127. The molecule has 1 heterocycles. The smallest absolute Gasteiger partial charge is 0.157 e. The second-order valence-electron chi connectivity index (χ2n) is 11.5. The Hall–Kier alpha value is 0.650. The van der Waals surface area contributed by atoms with Crippen molar-refractivity contribution in [2.45, 2.75) is 103 Å². The van der Waals surface area contributed by atoms with Crippen LogP contribution in [0.4, 0.5) is 0 Å². The molecule has 0 aromatic heterocycles.